The van der Waals surface area contributed by atoms with Crippen molar-refractivity contribution in [1.82, 2.24) is 0 Å². The van der Waals surface area contributed by atoms with Gasteiger partial charge in [-0.3, -0.25) is 4.99 Å². The fourth-order valence-electron chi connectivity index (χ4n) is 2.85. The summed E-state index contributed by atoms with van der Waals surface area (Å²) in [5.41, 5.74) is 0.473. The van der Waals surface area contributed by atoms with Crippen LogP contribution in [0.4, 0.5) is 14.5 Å². The van der Waals surface area contributed by atoms with E-state index in [2.05, 4.69) is 12.2 Å². The highest BCUT2D eigenvalue weighted by Gasteiger charge is 2.38. The number of amidine groups is 1. The number of aliphatic imine (C=N–C) groups is 1. The number of thioether (sulfide) groups is 1. The van der Waals surface area contributed by atoms with Gasteiger partial charge in [-0.2, -0.15) is 0 Å². The molecule has 20 heavy (non-hydrogen) atoms. The SMILES string of the molecule is CC1CCC2(CC1)CSC(Nc1cc(F)cc(F)c1)=N2. The molecule has 0 atom stereocenters. The lowest BCUT2D eigenvalue weighted by Crippen LogP contribution is -2.32. The molecule has 1 fully saturated rings. The minimum Gasteiger partial charge on any atom is -0.335 e. The Morgan fingerprint density at radius 1 is 1.20 bits per heavy atom. The average Bonchev–Trinajstić information content (AvgIpc) is 2.75. The second kappa shape index (κ2) is 5.35. The normalized spacial score (nSPS) is 29.6. The maximum atomic E-state index is 13.2. The highest BCUT2D eigenvalue weighted by Crippen LogP contribution is 2.41. The first kappa shape index (κ1) is 13.9. The summed E-state index contributed by atoms with van der Waals surface area (Å²) in [6.07, 6.45) is 4.66. The predicted octanol–water partition coefficient (Wildman–Crippen LogP) is 4.43. The molecule has 2 nitrogen and oxygen atoms in total. The molecule has 1 N–H and O–H groups in total. The number of hydrogen-bond acceptors (Lipinski definition) is 3. The summed E-state index contributed by atoms with van der Waals surface area (Å²) in [5.74, 6) is 0.615. The number of halogens is 2. The number of rotatable bonds is 1. The van der Waals surface area contributed by atoms with Crippen LogP contribution in [0.1, 0.15) is 32.6 Å². The second-order valence-electron chi connectivity index (χ2n) is 5.90. The van der Waals surface area contributed by atoms with Crippen molar-refractivity contribution in [2.24, 2.45) is 10.9 Å². The maximum Gasteiger partial charge on any atom is 0.161 e. The lowest BCUT2D eigenvalue weighted by molar-refractivity contribution is 0.273. The van der Waals surface area contributed by atoms with Crippen LogP contribution in [0.3, 0.4) is 0 Å². The third-order valence-electron chi connectivity index (χ3n) is 4.14. The first-order valence-corrected chi connectivity index (χ1v) is 7.99. The van der Waals surface area contributed by atoms with Gasteiger partial charge in [0.05, 0.1) is 5.54 Å². The lowest BCUT2D eigenvalue weighted by Gasteiger charge is -2.32. The van der Waals surface area contributed by atoms with Crippen molar-refractivity contribution in [1.29, 1.82) is 0 Å². The monoisotopic (exact) mass is 296 g/mol. The zero-order chi connectivity index (χ0) is 14.2. The van der Waals surface area contributed by atoms with Crippen molar-refractivity contribution in [3.8, 4) is 0 Å². The van der Waals surface area contributed by atoms with Crippen LogP contribution in [0.2, 0.25) is 0 Å². The van der Waals surface area contributed by atoms with E-state index in [0.717, 1.165) is 35.7 Å². The predicted molar refractivity (Wildman–Crippen MR) is 80.2 cm³/mol. The standard InChI is InChI=1S/C15H18F2N2S/c1-10-2-4-15(5-3-10)9-20-14(19-15)18-13-7-11(16)6-12(17)8-13/h6-8,10H,2-5,9H2,1H3,(H,18,19). The molecule has 5 heteroatoms. The van der Waals surface area contributed by atoms with Gasteiger partial charge in [-0.05, 0) is 43.7 Å². The Balaban J connectivity index is 1.72. The van der Waals surface area contributed by atoms with E-state index < -0.39 is 11.6 Å². The third-order valence-corrected chi connectivity index (χ3v) is 5.28. The van der Waals surface area contributed by atoms with E-state index in [1.165, 1.54) is 25.0 Å². The molecular formula is C15H18F2N2S. The summed E-state index contributed by atoms with van der Waals surface area (Å²) in [5, 5.41) is 3.82. The lowest BCUT2D eigenvalue weighted by atomic mass is 9.79. The first-order chi connectivity index (χ1) is 9.55. The molecule has 0 amide bonds. The van der Waals surface area contributed by atoms with E-state index in [1.807, 2.05) is 0 Å². The van der Waals surface area contributed by atoms with Gasteiger partial charge in [-0.1, -0.05) is 18.7 Å². The van der Waals surface area contributed by atoms with Gasteiger partial charge in [0.15, 0.2) is 5.17 Å². The van der Waals surface area contributed by atoms with Crippen molar-refractivity contribution in [2.45, 2.75) is 38.1 Å². The Morgan fingerprint density at radius 2 is 1.85 bits per heavy atom. The molecule has 0 bridgehead atoms. The average molecular weight is 296 g/mol. The molecule has 0 aromatic heterocycles. The quantitative estimate of drug-likeness (QED) is 0.829. The fourth-order valence-corrected chi connectivity index (χ4v) is 4.06. The van der Waals surface area contributed by atoms with Crippen LogP contribution in [0.25, 0.3) is 0 Å². The van der Waals surface area contributed by atoms with Crippen LogP contribution in [-0.2, 0) is 0 Å². The molecule has 1 aromatic carbocycles. The highest BCUT2D eigenvalue weighted by molar-refractivity contribution is 8.14. The summed E-state index contributed by atoms with van der Waals surface area (Å²) in [6, 6.07) is 3.46. The maximum absolute atomic E-state index is 13.2. The highest BCUT2D eigenvalue weighted by atomic mass is 32.2. The Morgan fingerprint density at radius 3 is 2.50 bits per heavy atom. The van der Waals surface area contributed by atoms with E-state index >= 15 is 0 Å². The number of nitrogens with zero attached hydrogens (tertiary/aromatic N) is 1. The zero-order valence-electron chi connectivity index (χ0n) is 11.5. The molecule has 2 aliphatic rings. The molecule has 1 aliphatic carbocycles. The van der Waals surface area contributed by atoms with Crippen molar-refractivity contribution >= 4 is 22.6 Å². The Labute approximate surface area is 122 Å². The van der Waals surface area contributed by atoms with E-state index in [9.17, 15) is 8.78 Å². The van der Waals surface area contributed by atoms with Crippen LogP contribution < -0.4 is 5.32 Å². The molecule has 1 spiro atoms. The van der Waals surface area contributed by atoms with Crippen molar-refractivity contribution < 1.29 is 8.78 Å². The van der Waals surface area contributed by atoms with E-state index in [0.29, 0.717) is 5.69 Å². The molecule has 0 radical (unpaired) electrons. The minimum absolute atomic E-state index is 0.0470. The van der Waals surface area contributed by atoms with Gasteiger partial charge in [0.1, 0.15) is 11.6 Å². The summed E-state index contributed by atoms with van der Waals surface area (Å²) in [7, 11) is 0. The molecular weight excluding hydrogens is 278 g/mol. The molecule has 1 saturated carbocycles. The van der Waals surface area contributed by atoms with Crippen LogP contribution in [0.5, 0.6) is 0 Å². The zero-order valence-corrected chi connectivity index (χ0v) is 12.3. The number of benzene rings is 1. The minimum atomic E-state index is -0.572. The Bertz CT molecular complexity index is 516. The van der Waals surface area contributed by atoms with E-state index in [1.54, 1.807) is 11.8 Å². The summed E-state index contributed by atoms with van der Waals surface area (Å²) >= 11 is 1.65. The second-order valence-corrected chi connectivity index (χ2v) is 6.86. The van der Waals surface area contributed by atoms with Crippen LogP contribution in [0.15, 0.2) is 23.2 Å². The van der Waals surface area contributed by atoms with Crippen molar-refractivity contribution in [3.05, 3.63) is 29.8 Å². The van der Waals surface area contributed by atoms with Gasteiger partial charge in [0.25, 0.3) is 0 Å². The smallest absolute Gasteiger partial charge is 0.161 e. The van der Waals surface area contributed by atoms with Crippen LogP contribution in [-0.4, -0.2) is 16.5 Å². The van der Waals surface area contributed by atoms with Crippen molar-refractivity contribution in [2.75, 3.05) is 11.1 Å². The molecule has 0 saturated heterocycles. The number of hydrogen-bond donors (Lipinski definition) is 1. The van der Waals surface area contributed by atoms with Gasteiger partial charge in [-0.15, -0.1) is 0 Å². The molecule has 1 aromatic rings. The van der Waals surface area contributed by atoms with Crippen LogP contribution in [0, 0.1) is 17.6 Å². The van der Waals surface area contributed by atoms with E-state index in [-0.39, 0.29) is 5.54 Å². The topological polar surface area (TPSA) is 24.4 Å². The molecule has 0 unspecified atom stereocenters. The Kier molecular flexibility index (Phi) is 3.71. The Hall–Kier alpha value is -1.10. The summed E-state index contributed by atoms with van der Waals surface area (Å²) < 4.78 is 26.3. The van der Waals surface area contributed by atoms with Gasteiger partial charge in [0.2, 0.25) is 0 Å². The molecule has 1 heterocycles. The van der Waals surface area contributed by atoms with Gasteiger partial charge < -0.3 is 5.32 Å². The number of nitrogens with one attached hydrogen (secondary N) is 1. The molecule has 1 aliphatic heterocycles. The fraction of sp³-hybridized carbons (Fsp3) is 0.533. The number of anilines is 1. The van der Waals surface area contributed by atoms with Gasteiger partial charge >= 0.3 is 0 Å². The summed E-state index contributed by atoms with van der Waals surface area (Å²) in [6.45, 7) is 2.29. The molecule has 108 valence electrons. The third kappa shape index (κ3) is 2.97. The summed E-state index contributed by atoms with van der Waals surface area (Å²) in [4.78, 5) is 4.79. The first-order valence-electron chi connectivity index (χ1n) is 7.00. The molecule has 3 rings (SSSR count). The largest absolute Gasteiger partial charge is 0.335 e. The van der Waals surface area contributed by atoms with Gasteiger partial charge in [0, 0.05) is 17.5 Å². The van der Waals surface area contributed by atoms with Crippen LogP contribution >= 0.6 is 11.8 Å². The van der Waals surface area contributed by atoms with E-state index in [4.69, 9.17) is 4.99 Å². The van der Waals surface area contributed by atoms with Crippen molar-refractivity contribution in [3.63, 3.8) is 0 Å². The van der Waals surface area contributed by atoms with Gasteiger partial charge in [-0.25, -0.2) is 8.78 Å².